The molecule has 0 saturated heterocycles. The first-order chi connectivity index (χ1) is 15.0. The summed E-state index contributed by atoms with van der Waals surface area (Å²) in [6, 6.07) is 11.4. The van der Waals surface area contributed by atoms with Gasteiger partial charge in [0.05, 0.1) is 12.6 Å². The summed E-state index contributed by atoms with van der Waals surface area (Å²) < 4.78 is 7.02. The van der Waals surface area contributed by atoms with Gasteiger partial charge < -0.3 is 14.0 Å². The molecule has 4 rings (SSSR count). The molecule has 7 nitrogen and oxygen atoms in total. The van der Waals surface area contributed by atoms with Crippen molar-refractivity contribution >= 4 is 5.91 Å². The first-order valence-corrected chi connectivity index (χ1v) is 10.8. The van der Waals surface area contributed by atoms with Crippen LogP contribution in [0.3, 0.4) is 0 Å². The molecule has 1 unspecified atom stereocenters. The SMILES string of the molecule is Cc1ccn(C(C)c2ccccc2)c(=O)c1C(=O)N(C)Cc1noc(C2CCCC2)n1. The van der Waals surface area contributed by atoms with Gasteiger partial charge >= 0.3 is 0 Å². The van der Waals surface area contributed by atoms with Gasteiger partial charge in [0.15, 0.2) is 5.82 Å². The van der Waals surface area contributed by atoms with Crippen LogP contribution < -0.4 is 5.56 Å². The van der Waals surface area contributed by atoms with Crippen molar-refractivity contribution in [3.63, 3.8) is 0 Å². The van der Waals surface area contributed by atoms with E-state index in [1.807, 2.05) is 43.3 Å². The van der Waals surface area contributed by atoms with E-state index < -0.39 is 0 Å². The highest BCUT2D eigenvalue weighted by Gasteiger charge is 2.25. The lowest BCUT2D eigenvalue weighted by atomic mass is 10.1. The lowest BCUT2D eigenvalue weighted by Crippen LogP contribution is -2.36. The monoisotopic (exact) mass is 420 g/mol. The Labute approximate surface area is 181 Å². The van der Waals surface area contributed by atoms with Crippen LogP contribution in [0.4, 0.5) is 0 Å². The van der Waals surface area contributed by atoms with Crippen molar-refractivity contribution < 1.29 is 9.32 Å². The van der Waals surface area contributed by atoms with Gasteiger partial charge in [-0.15, -0.1) is 0 Å². The van der Waals surface area contributed by atoms with Crippen molar-refractivity contribution in [1.82, 2.24) is 19.6 Å². The van der Waals surface area contributed by atoms with Gasteiger partial charge in [-0.2, -0.15) is 4.98 Å². The number of aryl methyl sites for hydroxylation is 1. The Hall–Kier alpha value is -3.22. The molecule has 0 bridgehead atoms. The van der Waals surface area contributed by atoms with Crippen LogP contribution in [0, 0.1) is 6.92 Å². The number of aromatic nitrogens is 3. The van der Waals surface area contributed by atoms with Crippen LogP contribution >= 0.6 is 0 Å². The maximum absolute atomic E-state index is 13.2. The first kappa shape index (κ1) is 21.0. The number of hydrogen-bond donors (Lipinski definition) is 0. The molecule has 1 atom stereocenters. The quantitative estimate of drug-likeness (QED) is 0.600. The zero-order chi connectivity index (χ0) is 22.0. The van der Waals surface area contributed by atoms with E-state index in [2.05, 4.69) is 10.1 Å². The van der Waals surface area contributed by atoms with Crippen LogP contribution in [0.1, 0.15) is 77.8 Å². The number of nitrogens with zero attached hydrogens (tertiary/aromatic N) is 4. The highest BCUT2D eigenvalue weighted by molar-refractivity contribution is 5.95. The van der Waals surface area contributed by atoms with E-state index in [9.17, 15) is 9.59 Å². The fourth-order valence-corrected chi connectivity index (χ4v) is 4.24. The average molecular weight is 421 g/mol. The molecule has 1 fully saturated rings. The van der Waals surface area contributed by atoms with E-state index in [1.165, 1.54) is 17.7 Å². The molecule has 162 valence electrons. The lowest BCUT2D eigenvalue weighted by Gasteiger charge is -2.20. The summed E-state index contributed by atoms with van der Waals surface area (Å²) >= 11 is 0. The number of amides is 1. The third kappa shape index (κ3) is 4.31. The second-order valence-electron chi connectivity index (χ2n) is 8.36. The molecule has 2 aromatic heterocycles. The summed E-state index contributed by atoms with van der Waals surface area (Å²) in [5.74, 6) is 1.10. The Morgan fingerprint density at radius 1 is 1.23 bits per heavy atom. The maximum Gasteiger partial charge on any atom is 0.264 e. The average Bonchev–Trinajstić information content (AvgIpc) is 3.46. The minimum Gasteiger partial charge on any atom is -0.339 e. The van der Waals surface area contributed by atoms with Crippen molar-refractivity contribution in [1.29, 1.82) is 0 Å². The van der Waals surface area contributed by atoms with Gasteiger partial charge in [-0.05, 0) is 43.9 Å². The largest absolute Gasteiger partial charge is 0.339 e. The molecule has 0 N–H and O–H groups in total. The molecule has 7 heteroatoms. The molecular weight excluding hydrogens is 392 g/mol. The molecule has 1 amide bonds. The van der Waals surface area contributed by atoms with E-state index in [0.29, 0.717) is 23.2 Å². The fraction of sp³-hybridized carbons (Fsp3) is 0.417. The topological polar surface area (TPSA) is 81.2 Å². The van der Waals surface area contributed by atoms with E-state index in [-0.39, 0.29) is 29.6 Å². The van der Waals surface area contributed by atoms with Gasteiger partial charge in [-0.1, -0.05) is 48.3 Å². The predicted molar refractivity (Wildman–Crippen MR) is 117 cm³/mol. The van der Waals surface area contributed by atoms with E-state index in [4.69, 9.17) is 4.52 Å². The van der Waals surface area contributed by atoms with Crippen LogP contribution in [0.15, 0.2) is 51.9 Å². The number of carbonyl (C=O) groups is 1. The predicted octanol–water partition coefficient (Wildman–Crippen LogP) is 4.08. The molecule has 31 heavy (non-hydrogen) atoms. The minimum absolute atomic E-state index is 0.173. The summed E-state index contributed by atoms with van der Waals surface area (Å²) in [4.78, 5) is 32.4. The van der Waals surface area contributed by atoms with Crippen molar-refractivity contribution in [2.75, 3.05) is 7.05 Å². The maximum atomic E-state index is 13.2. The second-order valence-corrected chi connectivity index (χ2v) is 8.36. The summed E-state index contributed by atoms with van der Waals surface area (Å²) in [7, 11) is 1.66. The fourth-order valence-electron chi connectivity index (χ4n) is 4.24. The molecule has 0 spiro atoms. The molecule has 2 heterocycles. The van der Waals surface area contributed by atoms with Gasteiger partial charge in [0.25, 0.3) is 11.5 Å². The van der Waals surface area contributed by atoms with Gasteiger partial charge in [0.1, 0.15) is 5.56 Å². The van der Waals surface area contributed by atoms with E-state index in [0.717, 1.165) is 18.4 Å². The third-order valence-corrected chi connectivity index (χ3v) is 6.15. The van der Waals surface area contributed by atoms with Gasteiger partial charge in [0, 0.05) is 19.2 Å². The summed E-state index contributed by atoms with van der Waals surface area (Å²) in [5, 5.41) is 4.04. The Kier molecular flexibility index (Phi) is 6.02. The Bertz CT molecular complexity index is 1110. The van der Waals surface area contributed by atoms with Crippen LogP contribution in [-0.4, -0.2) is 32.6 Å². The minimum atomic E-state index is -0.343. The molecule has 1 aliphatic carbocycles. The number of benzene rings is 1. The number of pyridine rings is 1. The third-order valence-electron chi connectivity index (χ3n) is 6.15. The standard InChI is InChI=1S/C24H28N4O3/c1-16-13-14-28(17(2)18-9-5-4-6-10-18)24(30)21(16)23(29)27(3)15-20-25-22(31-26-20)19-11-7-8-12-19/h4-6,9-10,13-14,17,19H,7-8,11-12,15H2,1-3H3. The van der Waals surface area contributed by atoms with E-state index >= 15 is 0 Å². The molecule has 1 aromatic carbocycles. The van der Waals surface area contributed by atoms with Crippen LogP contribution in [-0.2, 0) is 6.54 Å². The lowest BCUT2D eigenvalue weighted by molar-refractivity contribution is 0.0777. The zero-order valence-electron chi connectivity index (χ0n) is 18.2. The highest BCUT2D eigenvalue weighted by atomic mass is 16.5. The van der Waals surface area contributed by atoms with Crippen molar-refractivity contribution in [3.8, 4) is 0 Å². The van der Waals surface area contributed by atoms with Gasteiger partial charge in [0.2, 0.25) is 5.89 Å². The zero-order valence-corrected chi connectivity index (χ0v) is 18.2. The van der Waals surface area contributed by atoms with E-state index in [1.54, 1.807) is 24.7 Å². The Morgan fingerprint density at radius 3 is 2.65 bits per heavy atom. The molecule has 0 radical (unpaired) electrons. The number of rotatable bonds is 6. The summed E-state index contributed by atoms with van der Waals surface area (Å²) in [6.07, 6.45) is 6.25. The smallest absolute Gasteiger partial charge is 0.264 e. The summed E-state index contributed by atoms with van der Waals surface area (Å²) in [6.45, 7) is 3.93. The molecule has 3 aromatic rings. The summed E-state index contributed by atoms with van der Waals surface area (Å²) in [5.41, 5.74) is 1.53. The van der Waals surface area contributed by atoms with Crippen LogP contribution in [0.5, 0.6) is 0 Å². The Balaban J connectivity index is 1.55. The highest BCUT2D eigenvalue weighted by Crippen LogP contribution is 2.32. The Morgan fingerprint density at radius 2 is 1.94 bits per heavy atom. The molecule has 1 saturated carbocycles. The molecular formula is C24H28N4O3. The van der Waals surface area contributed by atoms with Crippen LogP contribution in [0.2, 0.25) is 0 Å². The molecule has 0 aliphatic heterocycles. The normalized spacial score (nSPS) is 15.2. The number of hydrogen-bond acceptors (Lipinski definition) is 5. The van der Waals surface area contributed by atoms with Crippen molar-refractivity contribution in [2.45, 2.75) is 58.0 Å². The van der Waals surface area contributed by atoms with Crippen molar-refractivity contribution in [3.05, 3.63) is 81.4 Å². The van der Waals surface area contributed by atoms with Crippen molar-refractivity contribution in [2.24, 2.45) is 0 Å². The van der Waals surface area contributed by atoms with Gasteiger partial charge in [-0.25, -0.2) is 0 Å². The molecule has 1 aliphatic rings. The second kappa shape index (κ2) is 8.88. The van der Waals surface area contributed by atoms with Gasteiger partial charge in [-0.3, -0.25) is 9.59 Å². The first-order valence-electron chi connectivity index (χ1n) is 10.8. The van der Waals surface area contributed by atoms with Crippen LogP contribution in [0.25, 0.3) is 0 Å². The number of carbonyl (C=O) groups excluding carboxylic acids is 1.